The van der Waals surface area contributed by atoms with Crippen molar-refractivity contribution in [2.75, 3.05) is 36.5 Å². The first kappa shape index (κ1) is 33.5. The number of esters is 1. The van der Waals surface area contributed by atoms with Gasteiger partial charge in [-0.25, -0.2) is 9.18 Å². The Morgan fingerprint density at radius 2 is 1.53 bits per heavy atom. The van der Waals surface area contributed by atoms with Crippen LogP contribution in [0.25, 0.3) is 11.1 Å². The highest BCUT2D eigenvalue weighted by Gasteiger charge is 2.21. The first-order valence-corrected chi connectivity index (χ1v) is 15.0. The van der Waals surface area contributed by atoms with Crippen LogP contribution >= 0.6 is 0 Å². The van der Waals surface area contributed by atoms with Crippen LogP contribution in [0.3, 0.4) is 0 Å². The summed E-state index contributed by atoms with van der Waals surface area (Å²) < 4.78 is 31.2. The van der Waals surface area contributed by atoms with E-state index in [2.05, 4.69) is 15.5 Å². The number of nitrogens with one attached hydrogen (secondary N) is 2. The molecule has 0 radical (unpaired) electrons. The smallest absolute Gasteiger partial charge is 0.407 e. The second-order valence-corrected chi connectivity index (χ2v) is 12.9. The number of para-hydroxylation sites is 1. The highest BCUT2D eigenvalue weighted by atomic mass is 19.1. The van der Waals surface area contributed by atoms with Crippen LogP contribution < -0.4 is 15.5 Å². The molecule has 2 amide bonds. The lowest BCUT2D eigenvalue weighted by Crippen LogP contribution is -2.36. The lowest BCUT2D eigenvalue weighted by atomic mass is 9.98. The van der Waals surface area contributed by atoms with Gasteiger partial charge in [-0.2, -0.15) is 0 Å². The van der Waals surface area contributed by atoms with E-state index in [4.69, 9.17) is 14.2 Å². The number of nitrogens with zero attached hydrogens (tertiary/aromatic N) is 1. The standard InChI is InChI=1S/C35H42FN3O6/c1-34(2,3)44-31(40)21-24-9-7-8-10-30(24)38-32(41)27-17-26(19-29(20-27)39-11-13-43-14-12-39)25-15-23(16-28(36)18-25)22-37-33(42)45-35(4,5)6/h7-10,15-20H,11-14,21-22H2,1-6H3,(H,37,42)(H,38,41). The Balaban J connectivity index is 1.63. The molecule has 0 bridgehead atoms. The van der Waals surface area contributed by atoms with Gasteiger partial charge in [0.2, 0.25) is 0 Å². The maximum atomic E-state index is 14.9. The summed E-state index contributed by atoms with van der Waals surface area (Å²) in [5.41, 5.74) is 2.69. The van der Waals surface area contributed by atoms with Crippen LogP contribution in [-0.2, 0) is 32.0 Å². The summed E-state index contributed by atoms with van der Waals surface area (Å²) in [6.45, 7) is 13.1. The number of hydrogen-bond acceptors (Lipinski definition) is 7. The number of anilines is 2. The van der Waals surface area contributed by atoms with Gasteiger partial charge in [-0.05, 0) is 106 Å². The van der Waals surface area contributed by atoms with Crippen LogP contribution in [0, 0.1) is 5.82 Å². The summed E-state index contributed by atoms with van der Waals surface area (Å²) in [5, 5.41) is 5.62. The van der Waals surface area contributed by atoms with Crippen molar-refractivity contribution in [1.82, 2.24) is 5.32 Å². The van der Waals surface area contributed by atoms with Crippen molar-refractivity contribution < 1.29 is 33.0 Å². The molecule has 0 spiro atoms. The van der Waals surface area contributed by atoms with E-state index in [0.29, 0.717) is 59.8 Å². The Hall–Kier alpha value is -4.44. The van der Waals surface area contributed by atoms with Crippen LogP contribution in [-0.4, -0.2) is 55.5 Å². The Morgan fingerprint density at radius 3 is 2.22 bits per heavy atom. The molecule has 0 saturated carbocycles. The molecular formula is C35H42FN3O6. The van der Waals surface area contributed by atoms with Crippen LogP contribution in [0.2, 0.25) is 0 Å². The van der Waals surface area contributed by atoms with Crippen LogP contribution in [0.1, 0.15) is 63.0 Å². The fourth-order valence-corrected chi connectivity index (χ4v) is 4.84. The predicted molar refractivity (Wildman–Crippen MR) is 172 cm³/mol. The molecule has 10 heteroatoms. The van der Waals surface area contributed by atoms with Gasteiger partial charge >= 0.3 is 12.1 Å². The van der Waals surface area contributed by atoms with Crippen molar-refractivity contribution in [3.8, 4) is 11.1 Å². The lowest BCUT2D eigenvalue weighted by molar-refractivity contribution is -0.153. The van der Waals surface area contributed by atoms with Gasteiger partial charge in [0, 0.05) is 36.6 Å². The molecule has 0 aromatic heterocycles. The predicted octanol–water partition coefficient (Wildman–Crippen LogP) is 6.49. The highest BCUT2D eigenvalue weighted by molar-refractivity contribution is 6.06. The minimum atomic E-state index is -0.662. The Kier molecular flexibility index (Phi) is 10.5. The fraction of sp³-hybridized carbons (Fsp3) is 0.400. The zero-order valence-corrected chi connectivity index (χ0v) is 26.8. The number of ether oxygens (including phenoxy) is 3. The van der Waals surface area contributed by atoms with Gasteiger partial charge in [-0.15, -0.1) is 0 Å². The van der Waals surface area contributed by atoms with Gasteiger partial charge < -0.3 is 29.7 Å². The molecular weight excluding hydrogens is 577 g/mol. The number of rotatable bonds is 8. The summed E-state index contributed by atoms with van der Waals surface area (Å²) in [4.78, 5) is 40.6. The Bertz CT molecular complexity index is 1540. The zero-order valence-electron chi connectivity index (χ0n) is 26.8. The Morgan fingerprint density at radius 1 is 0.867 bits per heavy atom. The summed E-state index contributed by atoms with van der Waals surface area (Å²) in [7, 11) is 0. The van der Waals surface area contributed by atoms with Gasteiger partial charge in [0.25, 0.3) is 5.91 Å². The SMILES string of the molecule is CC(C)(C)OC(=O)Cc1ccccc1NC(=O)c1cc(-c2cc(F)cc(CNC(=O)OC(C)(C)C)c2)cc(N2CCOCC2)c1. The average Bonchev–Trinajstić information content (AvgIpc) is 2.95. The van der Waals surface area contributed by atoms with E-state index in [9.17, 15) is 18.8 Å². The third-order valence-electron chi connectivity index (χ3n) is 6.70. The van der Waals surface area contributed by atoms with Crippen molar-refractivity contribution in [2.24, 2.45) is 0 Å². The molecule has 240 valence electrons. The molecule has 3 aromatic rings. The molecule has 0 unspecified atom stereocenters. The number of carbonyl (C=O) groups is 3. The maximum Gasteiger partial charge on any atom is 0.407 e. The quantitative estimate of drug-likeness (QED) is 0.278. The third-order valence-corrected chi connectivity index (χ3v) is 6.70. The van der Waals surface area contributed by atoms with E-state index in [0.717, 1.165) is 5.69 Å². The number of hydrogen-bond donors (Lipinski definition) is 2. The number of amides is 2. The fourth-order valence-electron chi connectivity index (χ4n) is 4.84. The van der Waals surface area contributed by atoms with Gasteiger partial charge in [0.15, 0.2) is 0 Å². The van der Waals surface area contributed by atoms with Crippen molar-refractivity contribution in [3.05, 3.63) is 83.2 Å². The van der Waals surface area contributed by atoms with Crippen molar-refractivity contribution >= 4 is 29.3 Å². The van der Waals surface area contributed by atoms with Gasteiger partial charge in [-0.3, -0.25) is 9.59 Å². The van der Waals surface area contributed by atoms with E-state index in [-0.39, 0.29) is 18.9 Å². The maximum absolute atomic E-state index is 14.9. The number of morpholine rings is 1. The summed E-state index contributed by atoms with van der Waals surface area (Å²) >= 11 is 0. The molecule has 0 aliphatic carbocycles. The van der Waals surface area contributed by atoms with E-state index in [1.807, 2.05) is 6.07 Å². The number of halogens is 1. The van der Waals surface area contributed by atoms with Crippen LogP contribution in [0.5, 0.6) is 0 Å². The van der Waals surface area contributed by atoms with E-state index >= 15 is 0 Å². The third kappa shape index (κ3) is 10.3. The van der Waals surface area contributed by atoms with Crippen LogP contribution in [0.4, 0.5) is 20.6 Å². The number of benzene rings is 3. The summed E-state index contributed by atoms with van der Waals surface area (Å²) in [6.07, 6.45) is -0.607. The lowest BCUT2D eigenvalue weighted by Gasteiger charge is -2.29. The minimum absolute atomic E-state index is 0.00378. The average molecular weight is 620 g/mol. The molecule has 9 nitrogen and oxygen atoms in total. The molecule has 2 N–H and O–H groups in total. The zero-order chi connectivity index (χ0) is 32.8. The molecule has 0 atom stereocenters. The normalized spacial score (nSPS) is 13.6. The first-order chi connectivity index (χ1) is 21.1. The van der Waals surface area contributed by atoms with Crippen molar-refractivity contribution in [3.63, 3.8) is 0 Å². The molecule has 1 saturated heterocycles. The van der Waals surface area contributed by atoms with Gasteiger partial charge in [-0.1, -0.05) is 18.2 Å². The molecule has 1 aliphatic rings. The highest BCUT2D eigenvalue weighted by Crippen LogP contribution is 2.30. The number of alkyl carbamates (subject to hydrolysis) is 1. The molecule has 4 rings (SSSR count). The molecule has 3 aromatic carbocycles. The molecule has 1 heterocycles. The van der Waals surface area contributed by atoms with Crippen molar-refractivity contribution in [1.29, 1.82) is 0 Å². The molecule has 45 heavy (non-hydrogen) atoms. The van der Waals surface area contributed by atoms with Gasteiger partial charge in [0.05, 0.1) is 19.6 Å². The minimum Gasteiger partial charge on any atom is -0.460 e. The Labute approximate surface area is 264 Å². The second-order valence-electron chi connectivity index (χ2n) is 12.9. The number of carbonyl (C=O) groups excluding carboxylic acids is 3. The molecule has 1 fully saturated rings. The van der Waals surface area contributed by atoms with Gasteiger partial charge in [0.1, 0.15) is 17.0 Å². The summed E-state index contributed by atoms with van der Waals surface area (Å²) in [6, 6.07) is 17.0. The van der Waals surface area contributed by atoms with E-state index in [1.54, 1.807) is 84.0 Å². The van der Waals surface area contributed by atoms with E-state index in [1.165, 1.54) is 12.1 Å². The summed E-state index contributed by atoms with van der Waals surface area (Å²) in [5.74, 6) is -1.26. The van der Waals surface area contributed by atoms with Crippen molar-refractivity contribution in [2.45, 2.75) is 65.7 Å². The topological polar surface area (TPSA) is 106 Å². The van der Waals surface area contributed by atoms with Crippen LogP contribution in [0.15, 0.2) is 60.7 Å². The van der Waals surface area contributed by atoms with E-state index < -0.39 is 29.1 Å². The largest absolute Gasteiger partial charge is 0.460 e. The first-order valence-electron chi connectivity index (χ1n) is 15.0. The molecule has 1 aliphatic heterocycles. The second kappa shape index (κ2) is 14.1. The monoisotopic (exact) mass is 619 g/mol.